The molecule has 1 N–H and O–H groups in total. The summed E-state index contributed by atoms with van der Waals surface area (Å²) in [6.45, 7) is 2.04. The van der Waals surface area contributed by atoms with Gasteiger partial charge in [0.1, 0.15) is 6.54 Å². The Morgan fingerprint density at radius 3 is 2.45 bits per heavy atom. The van der Waals surface area contributed by atoms with Gasteiger partial charge in [0.25, 0.3) is 0 Å². The lowest BCUT2D eigenvalue weighted by Gasteiger charge is -2.22. The lowest BCUT2D eigenvalue weighted by Crippen LogP contribution is -2.38. The fraction of sp³-hybridized carbons (Fsp3) is 0.348. The molecule has 0 bridgehead atoms. The highest BCUT2D eigenvalue weighted by atomic mass is 32.2. The molecule has 0 aliphatic heterocycles. The minimum Gasteiger partial charge on any atom is -0.352 e. The number of hydrogen-bond donors (Lipinski definition) is 1. The van der Waals surface area contributed by atoms with E-state index in [1.807, 2.05) is 25.1 Å². The van der Waals surface area contributed by atoms with E-state index in [4.69, 9.17) is 0 Å². The number of rotatable bonds is 5. The first-order valence-corrected chi connectivity index (χ1v) is 11.6. The van der Waals surface area contributed by atoms with Gasteiger partial charge in [0, 0.05) is 23.1 Å². The topological polar surface area (TPSA) is 68.2 Å². The number of nitrogens with one attached hydrogen (secondary N) is 1. The highest BCUT2D eigenvalue weighted by Crippen LogP contribution is 2.30. The van der Waals surface area contributed by atoms with Crippen LogP contribution in [0.25, 0.3) is 10.9 Å². The number of hydrogen-bond acceptors (Lipinski definition) is 3. The third-order valence-electron chi connectivity index (χ3n) is 5.66. The molecule has 1 amide bonds. The van der Waals surface area contributed by atoms with Crippen LogP contribution in [-0.2, 0) is 21.2 Å². The van der Waals surface area contributed by atoms with Crippen LogP contribution in [0.3, 0.4) is 0 Å². The third-order valence-corrected chi connectivity index (χ3v) is 7.45. The van der Waals surface area contributed by atoms with Gasteiger partial charge in [-0.05, 0) is 38.0 Å². The van der Waals surface area contributed by atoms with Crippen LogP contribution in [0, 0.1) is 6.92 Å². The molecule has 0 atom stereocenters. The smallest absolute Gasteiger partial charge is 0.240 e. The van der Waals surface area contributed by atoms with Gasteiger partial charge in [-0.1, -0.05) is 55.2 Å². The number of amides is 1. The second kappa shape index (κ2) is 8.03. The molecule has 2 aromatic carbocycles. The van der Waals surface area contributed by atoms with Crippen molar-refractivity contribution in [3.63, 3.8) is 0 Å². The third kappa shape index (κ3) is 4.08. The molecule has 0 unspecified atom stereocenters. The summed E-state index contributed by atoms with van der Waals surface area (Å²) in [6, 6.07) is 14.4. The van der Waals surface area contributed by atoms with Crippen molar-refractivity contribution in [1.29, 1.82) is 0 Å². The Balaban J connectivity index is 1.66. The minimum absolute atomic E-state index is 0.0723. The molecule has 29 heavy (non-hydrogen) atoms. The number of fused-ring (bicyclic) bond motifs is 1. The summed E-state index contributed by atoms with van der Waals surface area (Å²) >= 11 is 0. The fourth-order valence-electron chi connectivity index (χ4n) is 4.08. The number of aryl methyl sites for hydroxylation is 1. The standard InChI is InChI=1S/C23H26N2O3S/c1-17-11-13-19(14-12-17)29(27,28)22-15-25(21-10-6-5-9-20(21)22)16-23(26)24-18-7-3-2-4-8-18/h5-6,9-15,18H,2-4,7-8,16H2,1H3,(H,24,26). The molecule has 1 saturated carbocycles. The Labute approximate surface area is 171 Å². The minimum atomic E-state index is -3.68. The predicted molar refractivity (Wildman–Crippen MR) is 114 cm³/mol. The molecule has 5 nitrogen and oxygen atoms in total. The van der Waals surface area contributed by atoms with Gasteiger partial charge in [0.15, 0.2) is 0 Å². The number of aromatic nitrogens is 1. The largest absolute Gasteiger partial charge is 0.352 e. The summed E-state index contributed by atoms with van der Waals surface area (Å²) in [7, 11) is -3.68. The molecule has 1 aliphatic rings. The lowest BCUT2D eigenvalue weighted by atomic mass is 9.95. The van der Waals surface area contributed by atoms with Crippen LogP contribution in [0.2, 0.25) is 0 Å². The Kier molecular flexibility index (Phi) is 5.46. The van der Waals surface area contributed by atoms with E-state index < -0.39 is 9.84 Å². The van der Waals surface area contributed by atoms with Gasteiger partial charge in [0.05, 0.1) is 9.79 Å². The van der Waals surface area contributed by atoms with E-state index in [0.29, 0.717) is 5.39 Å². The Morgan fingerprint density at radius 1 is 1.03 bits per heavy atom. The quantitative estimate of drug-likeness (QED) is 0.684. The molecule has 1 aromatic heterocycles. The van der Waals surface area contributed by atoms with E-state index in [1.165, 1.54) is 6.42 Å². The summed E-state index contributed by atoms with van der Waals surface area (Å²) in [5.74, 6) is -0.0723. The first-order chi connectivity index (χ1) is 13.9. The number of carbonyl (C=O) groups excluding carboxylic acids is 1. The maximum absolute atomic E-state index is 13.3. The first-order valence-electron chi connectivity index (χ1n) is 10.1. The highest BCUT2D eigenvalue weighted by molar-refractivity contribution is 7.91. The summed E-state index contributed by atoms with van der Waals surface area (Å²) in [5, 5.41) is 3.75. The van der Waals surface area contributed by atoms with Gasteiger partial charge in [-0.3, -0.25) is 4.79 Å². The molecule has 3 aromatic rings. The molecule has 1 heterocycles. The predicted octanol–water partition coefficient (Wildman–Crippen LogP) is 4.23. The van der Waals surface area contributed by atoms with Crippen LogP contribution in [0.5, 0.6) is 0 Å². The number of nitrogens with zero attached hydrogens (tertiary/aromatic N) is 1. The van der Waals surface area contributed by atoms with Crippen molar-refractivity contribution in [1.82, 2.24) is 9.88 Å². The average Bonchev–Trinajstić information content (AvgIpc) is 3.08. The lowest BCUT2D eigenvalue weighted by molar-refractivity contribution is -0.122. The molecule has 4 rings (SSSR count). The van der Waals surface area contributed by atoms with Crippen LogP contribution in [0.15, 0.2) is 64.5 Å². The Morgan fingerprint density at radius 2 is 1.72 bits per heavy atom. The summed E-state index contributed by atoms with van der Waals surface area (Å²) in [5.41, 5.74) is 1.75. The number of benzene rings is 2. The second-order valence-electron chi connectivity index (χ2n) is 7.86. The van der Waals surface area contributed by atoms with Gasteiger partial charge in [-0.25, -0.2) is 8.42 Å². The van der Waals surface area contributed by atoms with Gasteiger partial charge < -0.3 is 9.88 Å². The van der Waals surface area contributed by atoms with Crippen molar-refractivity contribution < 1.29 is 13.2 Å². The van der Waals surface area contributed by atoms with E-state index in [9.17, 15) is 13.2 Å². The number of sulfone groups is 1. The summed E-state index contributed by atoms with van der Waals surface area (Å²) < 4.78 is 28.3. The number of carbonyl (C=O) groups is 1. The van der Waals surface area contributed by atoms with E-state index in [-0.39, 0.29) is 28.3 Å². The molecule has 0 radical (unpaired) electrons. The Hall–Kier alpha value is -2.60. The molecule has 1 aliphatic carbocycles. The molecular weight excluding hydrogens is 384 g/mol. The van der Waals surface area contributed by atoms with Crippen LogP contribution in [0.4, 0.5) is 0 Å². The van der Waals surface area contributed by atoms with Crippen LogP contribution >= 0.6 is 0 Å². The second-order valence-corrected chi connectivity index (χ2v) is 9.78. The monoisotopic (exact) mass is 410 g/mol. The molecule has 0 saturated heterocycles. The molecule has 1 fully saturated rings. The fourth-order valence-corrected chi connectivity index (χ4v) is 5.55. The molecule has 0 spiro atoms. The van der Waals surface area contributed by atoms with Crippen molar-refractivity contribution in [2.45, 2.75) is 61.4 Å². The summed E-state index contributed by atoms with van der Waals surface area (Å²) in [6.07, 6.45) is 7.16. The zero-order valence-corrected chi connectivity index (χ0v) is 17.4. The zero-order valence-electron chi connectivity index (χ0n) is 16.6. The van der Waals surface area contributed by atoms with Crippen molar-refractivity contribution in [3.8, 4) is 0 Å². The first kappa shape index (κ1) is 19.7. The zero-order chi connectivity index (χ0) is 20.4. The number of para-hydroxylation sites is 1. The molecule has 6 heteroatoms. The van der Waals surface area contributed by atoms with Gasteiger partial charge >= 0.3 is 0 Å². The van der Waals surface area contributed by atoms with E-state index in [1.54, 1.807) is 41.1 Å². The maximum Gasteiger partial charge on any atom is 0.240 e. The van der Waals surface area contributed by atoms with Crippen molar-refractivity contribution >= 4 is 26.6 Å². The van der Waals surface area contributed by atoms with E-state index >= 15 is 0 Å². The van der Waals surface area contributed by atoms with Crippen LogP contribution in [0.1, 0.15) is 37.7 Å². The maximum atomic E-state index is 13.3. The average molecular weight is 411 g/mol. The van der Waals surface area contributed by atoms with E-state index in [2.05, 4.69) is 5.32 Å². The SMILES string of the molecule is Cc1ccc(S(=O)(=O)c2cn(CC(=O)NC3CCCCC3)c3ccccc23)cc1. The molecule has 152 valence electrons. The molecular formula is C23H26N2O3S. The normalized spacial score (nSPS) is 15.5. The van der Waals surface area contributed by atoms with Gasteiger partial charge in [-0.15, -0.1) is 0 Å². The van der Waals surface area contributed by atoms with E-state index in [0.717, 1.165) is 36.8 Å². The highest BCUT2D eigenvalue weighted by Gasteiger charge is 2.24. The van der Waals surface area contributed by atoms with Gasteiger partial charge in [-0.2, -0.15) is 0 Å². The Bertz CT molecular complexity index is 1120. The van der Waals surface area contributed by atoms with Gasteiger partial charge in [0.2, 0.25) is 15.7 Å². The van der Waals surface area contributed by atoms with Crippen molar-refractivity contribution in [3.05, 3.63) is 60.3 Å². The summed E-state index contributed by atoms with van der Waals surface area (Å²) in [4.78, 5) is 13.1. The van der Waals surface area contributed by atoms with Crippen molar-refractivity contribution in [2.75, 3.05) is 0 Å². The van der Waals surface area contributed by atoms with Crippen LogP contribution in [-0.4, -0.2) is 24.9 Å². The van der Waals surface area contributed by atoms with Crippen molar-refractivity contribution in [2.24, 2.45) is 0 Å². The van der Waals surface area contributed by atoms with Crippen LogP contribution < -0.4 is 5.32 Å².